The number of carbonyl (C=O) groups excluding carboxylic acids is 2. The van der Waals surface area contributed by atoms with Crippen molar-refractivity contribution in [1.29, 1.82) is 0 Å². The minimum atomic E-state index is -0.410. The normalized spacial score (nSPS) is 16.3. The van der Waals surface area contributed by atoms with Crippen molar-refractivity contribution in [3.8, 4) is 0 Å². The molecule has 3 rings (SSSR count). The summed E-state index contributed by atoms with van der Waals surface area (Å²) in [5.74, 6) is -0.442. The van der Waals surface area contributed by atoms with Gasteiger partial charge in [0.1, 0.15) is 4.88 Å². The lowest BCUT2D eigenvalue weighted by Gasteiger charge is -2.38. The smallest absolute Gasteiger partial charge is 0.348 e. The van der Waals surface area contributed by atoms with Gasteiger partial charge < -0.3 is 9.64 Å². The van der Waals surface area contributed by atoms with Crippen LogP contribution < -0.4 is 0 Å². The van der Waals surface area contributed by atoms with E-state index in [4.69, 9.17) is 16.3 Å². The van der Waals surface area contributed by atoms with Crippen LogP contribution in [0, 0.1) is 0 Å². The van der Waals surface area contributed by atoms with Gasteiger partial charge in [-0.05, 0) is 30.7 Å². The number of carbonyl (C=O) groups is 2. The lowest BCUT2D eigenvalue weighted by molar-refractivity contribution is 0.0585. The number of esters is 1. The van der Waals surface area contributed by atoms with Gasteiger partial charge in [0.05, 0.1) is 12.0 Å². The van der Waals surface area contributed by atoms with Gasteiger partial charge in [-0.15, -0.1) is 11.3 Å². The summed E-state index contributed by atoms with van der Waals surface area (Å²) < 4.78 is 4.70. The Morgan fingerprint density at radius 2 is 1.73 bits per heavy atom. The maximum absolute atomic E-state index is 12.7. The van der Waals surface area contributed by atoms with Gasteiger partial charge in [0, 0.05) is 37.2 Å². The number of rotatable bonds is 4. The highest BCUT2D eigenvalue weighted by molar-refractivity contribution is 7.15. The third-order valence-electron chi connectivity index (χ3n) is 4.71. The zero-order valence-electron chi connectivity index (χ0n) is 14.8. The zero-order valence-corrected chi connectivity index (χ0v) is 16.3. The highest BCUT2D eigenvalue weighted by Crippen LogP contribution is 2.28. The van der Waals surface area contributed by atoms with Gasteiger partial charge in [-0.1, -0.05) is 29.8 Å². The summed E-state index contributed by atoms with van der Waals surface area (Å²) in [5.41, 5.74) is 1.11. The Hall–Kier alpha value is -1.89. The minimum Gasteiger partial charge on any atom is -0.465 e. The molecule has 1 atom stereocenters. The molecule has 5 nitrogen and oxygen atoms in total. The van der Waals surface area contributed by atoms with Gasteiger partial charge in [0.25, 0.3) is 5.91 Å². The molecular weight excluding hydrogens is 372 g/mol. The Labute approximate surface area is 162 Å². The van der Waals surface area contributed by atoms with Crippen molar-refractivity contribution in [1.82, 2.24) is 9.80 Å². The van der Waals surface area contributed by atoms with Crippen molar-refractivity contribution in [2.75, 3.05) is 33.3 Å². The predicted molar refractivity (Wildman–Crippen MR) is 103 cm³/mol. The molecule has 26 heavy (non-hydrogen) atoms. The van der Waals surface area contributed by atoms with Crippen molar-refractivity contribution in [3.63, 3.8) is 0 Å². The molecule has 1 saturated heterocycles. The fraction of sp³-hybridized carbons (Fsp3) is 0.368. The molecule has 0 saturated carbocycles. The molecule has 0 bridgehead atoms. The number of nitrogens with zero attached hydrogens (tertiary/aromatic N) is 2. The first-order valence-electron chi connectivity index (χ1n) is 8.47. The van der Waals surface area contributed by atoms with Crippen LogP contribution in [0.3, 0.4) is 0 Å². The number of ether oxygens (including phenoxy) is 1. The van der Waals surface area contributed by atoms with E-state index in [2.05, 4.69) is 11.8 Å². The molecule has 7 heteroatoms. The molecule has 1 amide bonds. The molecule has 1 fully saturated rings. The van der Waals surface area contributed by atoms with Crippen molar-refractivity contribution in [2.24, 2.45) is 0 Å². The summed E-state index contributed by atoms with van der Waals surface area (Å²) in [4.78, 5) is 29.4. The first-order chi connectivity index (χ1) is 12.5. The van der Waals surface area contributed by atoms with E-state index in [1.807, 2.05) is 29.2 Å². The average molecular weight is 393 g/mol. The molecule has 2 heterocycles. The number of benzene rings is 1. The van der Waals surface area contributed by atoms with E-state index in [0.717, 1.165) is 23.7 Å². The second-order valence-corrected chi connectivity index (χ2v) is 7.67. The Morgan fingerprint density at radius 3 is 2.38 bits per heavy atom. The molecule has 1 aliphatic heterocycles. The van der Waals surface area contributed by atoms with Crippen molar-refractivity contribution in [2.45, 2.75) is 13.0 Å². The van der Waals surface area contributed by atoms with E-state index in [-0.39, 0.29) is 11.9 Å². The number of hydrogen-bond donors (Lipinski definition) is 0. The molecule has 2 aromatic rings. The highest BCUT2D eigenvalue weighted by atomic mass is 35.5. The predicted octanol–water partition coefficient (Wildman–Crippen LogP) is 3.71. The first-order valence-corrected chi connectivity index (χ1v) is 9.66. The molecule has 0 aliphatic carbocycles. The topological polar surface area (TPSA) is 49.9 Å². The second kappa shape index (κ2) is 8.20. The monoisotopic (exact) mass is 392 g/mol. The molecule has 0 spiro atoms. The van der Waals surface area contributed by atoms with Gasteiger partial charge in [-0.2, -0.15) is 0 Å². The fourth-order valence-corrected chi connectivity index (χ4v) is 4.33. The Bertz CT molecular complexity index is 800. The van der Waals surface area contributed by atoms with E-state index in [0.29, 0.717) is 22.8 Å². The highest BCUT2D eigenvalue weighted by Gasteiger charge is 2.27. The quantitative estimate of drug-likeness (QED) is 0.744. The standard InChI is InChI=1S/C19H21ClN2O3S/c1-13(14-5-3-4-6-15(14)20)21-9-11-22(12-10-21)18(23)16-7-8-17(26-16)19(24)25-2/h3-8,13H,9-12H2,1-2H3. The van der Waals surface area contributed by atoms with Gasteiger partial charge in [-0.3, -0.25) is 9.69 Å². The third-order valence-corrected chi connectivity index (χ3v) is 6.11. The summed E-state index contributed by atoms with van der Waals surface area (Å²) in [6.07, 6.45) is 0. The Morgan fingerprint density at radius 1 is 1.08 bits per heavy atom. The van der Waals surface area contributed by atoms with Crippen LogP contribution in [0.2, 0.25) is 5.02 Å². The molecule has 138 valence electrons. The van der Waals surface area contributed by atoms with Crippen LogP contribution in [-0.2, 0) is 4.74 Å². The van der Waals surface area contributed by atoms with Crippen LogP contribution in [0.1, 0.15) is 37.9 Å². The second-order valence-electron chi connectivity index (χ2n) is 6.18. The summed E-state index contributed by atoms with van der Waals surface area (Å²) in [6.45, 7) is 5.01. The van der Waals surface area contributed by atoms with Crippen molar-refractivity contribution >= 4 is 34.8 Å². The van der Waals surface area contributed by atoms with E-state index in [9.17, 15) is 9.59 Å². The molecule has 0 radical (unpaired) electrons. The number of amides is 1. The number of halogens is 1. The van der Waals surface area contributed by atoms with Crippen molar-refractivity contribution < 1.29 is 14.3 Å². The van der Waals surface area contributed by atoms with Crippen LogP contribution in [0.25, 0.3) is 0 Å². The molecule has 1 aromatic carbocycles. The zero-order chi connectivity index (χ0) is 18.7. The molecule has 1 aromatic heterocycles. The fourth-order valence-electron chi connectivity index (χ4n) is 3.14. The number of thiophene rings is 1. The van der Waals surface area contributed by atoms with Crippen LogP contribution in [-0.4, -0.2) is 55.0 Å². The Balaban J connectivity index is 1.61. The molecule has 1 unspecified atom stereocenters. The largest absolute Gasteiger partial charge is 0.465 e. The summed E-state index contributed by atoms with van der Waals surface area (Å²) >= 11 is 7.49. The van der Waals surface area contributed by atoms with E-state index in [1.54, 1.807) is 12.1 Å². The van der Waals surface area contributed by atoms with E-state index in [1.165, 1.54) is 18.4 Å². The lowest BCUT2D eigenvalue weighted by Crippen LogP contribution is -2.49. The Kier molecular flexibility index (Phi) is 5.96. The number of methoxy groups -OCH3 is 1. The van der Waals surface area contributed by atoms with Gasteiger partial charge in [0.15, 0.2) is 0 Å². The lowest BCUT2D eigenvalue weighted by atomic mass is 10.1. The number of piperazine rings is 1. The molecule has 1 aliphatic rings. The average Bonchev–Trinajstić information content (AvgIpc) is 3.17. The third kappa shape index (κ3) is 3.92. The van der Waals surface area contributed by atoms with Crippen LogP contribution >= 0.6 is 22.9 Å². The number of hydrogen-bond acceptors (Lipinski definition) is 5. The van der Waals surface area contributed by atoms with E-state index >= 15 is 0 Å². The molecule has 0 N–H and O–H groups in total. The maximum Gasteiger partial charge on any atom is 0.348 e. The van der Waals surface area contributed by atoms with Crippen molar-refractivity contribution in [3.05, 3.63) is 56.7 Å². The van der Waals surface area contributed by atoms with Crippen LogP contribution in [0.5, 0.6) is 0 Å². The van der Waals surface area contributed by atoms with Gasteiger partial charge >= 0.3 is 5.97 Å². The van der Waals surface area contributed by atoms with Gasteiger partial charge in [0.2, 0.25) is 0 Å². The van der Waals surface area contributed by atoms with Gasteiger partial charge in [-0.25, -0.2) is 4.79 Å². The maximum atomic E-state index is 12.7. The van der Waals surface area contributed by atoms with Crippen LogP contribution in [0.4, 0.5) is 0 Å². The molecular formula is C19H21ClN2O3S. The van der Waals surface area contributed by atoms with E-state index < -0.39 is 5.97 Å². The summed E-state index contributed by atoms with van der Waals surface area (Å²) in [6, 6.07) is 11.4. The summed E-state index contributed by atoms with van der Waals surface area (Å²) in [5, 5.41) is 0.771. The minimum absolute atomic E-state index is 0.0322. The first kappa shape index (κ1) is 18.9. The SMILES string of the molecule is COC(=O)c1ccc(C(=O)N2CCN(C(C)c3ccccc3Cl)CC2)s1. The summed E-state index contributed by atoms with van der Waals surface area (Å²) in [7, 11) is 1.34. The van der Waals surface area contributed by atoms with Crippen LogP contribution in [0.15, 0.2) is 36.4 Å².